The van der Waals surface area contributed by atoms with E-state index in [4.69, 9.17) is 11.6 Å². The van der Waals surface area contributed by atoms with Crippen molar-refractivity contribution in [1.29, 1.82) is 0 Å². The van der Waals surface area contributed by atoms with Gasteiger partial charge in [-0.1, -0.05) is 37.8 Å². The van der Waals surface area contributed by atoms with E-state index >= 15 is 0 Å². The summed E-state index contributed by atoms with van der Waals surface area (Å²) in [5, 5.41) is 6.39. The standard InChI is InChI=1S/C15H22ClN3O/c1-3-10-5-4-6-11(9-10)18-15(20)14-12(16)7-8-13(17-2)19-14/h7-8,10-11H,3-6,9H2,1-2H3,(H,17,19)(H,18,20). The number of nitrogens with one attached hydrogen (secondary N) is 2. The molecule has 2 N–H and O–H groups in total. The van der Waals surface area contributed by atoms with Crippen molar-refractivity contribution < 1.29 is 4.79 Å². The minimum Gasteiger partial charge on any atom is -0.373 e. The molecular weight excluding hydrogens is 274 g/mol. The quantitative estimate of drug-likeness (QED) is 0.894. The SMILES string of the molecule is CCC1CCCC(NC(=O)c2nc(NC)ccc2Cl)C1. The number of hydrogen-bond donors (Lipinski definition) is 2. The second-order valence-corrected chi connectivity index (χ2v) is 5.80. The molecule has 0 aliphatic heterocycles. The number of carbonyl (C=O) groups is 1. The first kappa shape index (κ1) is 15.1. The fraction of sp³-hybridized carbons (Fsp3) is 0.600. The Morgan fingerprint density at radius 1 is 1.45 bits per heavy atom. The Bertz CT molecular complexity index is 478. The third-order valence-electron chi connectivity index (χ3n) is 4.01. The van der Waals surface area contributed by atoms with Gasteiger partial charge >= 0.3 is 0 Å². The number of aromatic nitrogens is 1. The minimum absolute atomic E-state index is 0.172. The highest BCUT2D eigenvalue weighted by Gasteiger charge is 2.23. The molecule has 2 atom stereocenters. The number of amides is 1. The first-order valence-electron chi connectivity index (χ1n) is 7.29. The van der Waals surface area contributed by atoms with Gasteiger partial charge in [-0.3, -0.25) is 4.79 Å². The molecule has 0 saturated heterocycles. The van der Waals surface area contributed by atoms with Crippen LogP contribution < -0.4 is 10.6 Å². The van der Waals surface area contributed by atoms with Crippen LogP contribution in [0.1, 0.15) is 49.5 Å². The van der Waals surface area contributed by atoms with Crippen molar-refractivity contribution in [3.8, 4) is 0 Å². The van der Waals surface area contributed by atoms with Crippen molar-refractivity contribution in [3.05, 3.63) is 22.8 Å². The summed E-state index contributed by atoms with van der Waals surface area (Å²) in [5.74, 6) is 1.20. The maximum absolute atomic E-state index is 12.3. The van der Waals surface area contributed by atoms with Gasteiger partial charge in [0, 0.05) is 13.1 Å². The number of halogens is 1. The Kier molecular flexibility index (Phi) is 5.24. The monoisotopic (exact) mass is 295 g/mol. The van der Waals surface area contributed by atoms with Crippen LogP contribution in [0.2, 0.25) is 5.02 Å². The average Bonchev–Trinajstić information content (AvgIpc) is 2.47. The molecule has 1 amide bonds. The summed E-state index contributed by atoms with van der Waals surface area (Å²) in [6.45, 7) is 2.21. The summed E-state index contributed by atoms with van der Waals surface area (Å²) in [7, 11) is 1.77. The lowest BCUT2D eigenvalue weighted by Crippen LogP contribution is -2.38. The van der Waals surface area contributed by atoms with Gasteiger partial charge in [-0.2, -0.15) is 0 Å². The normalized spacial score (nSPS) is 22.4. The van der Waals surface area contributed by atoms with Crippen LogP contribution in [0.3, 0.4) is 0 Å². The average molecular weight is 296 g/mol. The molecule has 110 valence electrons. The highest BCUT2D eigenvalue weighted by molar-refractivity contribution is 6.33. The van der Waals surface area contributed by atoms with Crippen molar-refractivity contribution in [3.63, 3.8) is 0 Å². The van der Waals surface area contributed by atoms with E-state index in [1.807, 2.05) is 0 Å². The summed E-state index contributed by atoms with van der Waals surface area (Å²) in [5.41, 5.74) is 0.303. The van der Waals surface area contributed by atoms with E-state index in [1.54, 1.807) is 19.2 Å². The molecule has 1 aliphatic rings. The topological polar surface area (TPSA) is 54.0 Å². The Labute approximate surface area is 125 Å². The smallest absolute Gasteiger partial charge is 0.271 e. The van der Waals surface area contributed by atoms with E-state index in [-0.39, 0.29) is 11.9 Å². The highest BCUT2D eigenvalue weighted by atomic mass is 35.5. The van der Waals surface area contributed by atoms with Crippen LogP contribution in [0.15, 0.2) is 12.1 Å². The minimum atomic E-state index is -0.172. The molecule has 4 nitrogen and oxygen atoms in total. The molecule has 1 aliphatic carbocycles. The summed E-state index contributed by atoms with van der Waals surface area (Å²) >= 11 is 6.07. The van der Waals surface area contributed by atoms with Crippen molar-refractivity contribution in [2.75, 3.05) is 12.4 Å². The van der Waals surface area contributed by atoms with Crippen LogP contribution in [-0.2, 0) is 0 Å². The lowest BCUT2D eigenvalue weighted by molar-refractivity contribution is 0.0914. The molecule has 1 saturated carbocycles. The van der Waals surface area contributed by atoms with Gasteiger partial charge in [0.2, 0.25) is 0 Å². The van der Waals surface area contributed by atoms with Gasteiger partial charge < -0.3 is 10.6 Å². The molecule has 0 bridgehead atoms. The van der Waals surface area contributed by atoms with E-state index in [0.717, 1.165) is 18.8 Å². The van der Waals surface area contributed by atoms with E-state index in [1.165, 1.54) is 19.3 Å². The number of pyridine rings is 1. The zero-order valence-corrected chi connectivity index (χ0v) is 12.8. The maximum atomic E-state index is 12.3. The van der Waals surface area contributed by atoms with Gasteiger partial charge in [-0.25, -0.2) is 4.98 Å². The zero-order chi connectivity index (χ0) is 14.5. The van der Waals surface area contributed by atoms with Crippen molar-refractivity contribution in [1.82, 2.24) is 10.3 Å². The summed E-state index contributed by atoms with van der Waals surface area (Å²) in [4.78, 5) is 16.6. The molecule has 2 rings (SSSR count). The highest BCUT2D eigenvalue weighted by Crippen LogP contribution is 2.27. The fourth-order valence-corrected chi connectivity index (χ4v) is 2.98. The van der Waals surface area contributed by atoms with Gasteiger partial charge in [0.1, 0.15) is 11.5 Å². The molecule has 1 fully saturated rings. The van der Waals surface area contributed by atoms with Gasteiger partial charge in [-0.05, 0) is 30.9 Å². The summed E-state index contributed by atoms with van der Waals surface area (Å²) in [6, 6.07) is 3.70. The largest absolute Gasteiger partial charge is 0.373 e. The van der Waals surface area contributed by atoms with Gasteiger partial charge in [-0.15, -0.1) is 0 Å². The Morgan fingerprint density at radius 3 is 2.95 bits per heavy atom. The van der Waals surface area contributed by atoms with Gasteiger partial charge in [0.25, 0.3) is 5.91 Å². The van der Waals surface area contributed by atoms with Gasteiger partial charge in [0.15, 0.2) is 0 Å². The van der Waals surface area contributed by atoms with E-state index in [2.05, 4.69) is 22.5 Å². The van der Waals surface area contributed by atoms with E-state index in [9.17, 15) is 4.79 Å². The lowest BCUT2D eigenvalue weighted by Gasteiger charge is -2.29. The fourth-order valence-electron chi connectivity index (χ4n) is 2.79. The number of carbonyl (C=O) groups excluding carboxylic acids is 1. The summed E-state index contributed by atoms with van der Waals surface area (Å²) < 4.78 is 0. The van der Waals surface area contributed by atoms with Gasteiger partial charge in [0.05, 0.1) is 5.02 Å². The number of hydrogen-bond acceptors (Lipinski definition) is 3. The van der Waals surface area contributed by atoms with E-state index < -0.39 is 0 Å². The predicted octanol–water partition coefficient (Wildman–Crippen LogP) is 3.48. The maximum Gasteiger partial charge on any atom is 0.271 e. The van der Waals surface area contributed by atoms with Crippen LogP contribution in [0.5, 0.6) is 0 Å². The number of rotatable bonds is 4. The van der Waals surface area contributed by atoms with Crippen LogP contribution in [0.4, 0.5) is 5.82 Å². The lowest BCUT2D eigenvalue weighted by atomic mass is 9.84. The number of nitrogens with zero attached hydrogens (tertiary/aromatic N) is 1. The molecule has 1 aromatic rings. The van der Waals surface area contributed by atoms with Crippen LogP contribution in [0, 0.1) is 5.92 Å². The molecule has 20 heavy (non-hydrogen) atoms. The molecule has 0 aromatic carbocycles. The zero-order valence-electron chi connectivity index (χ0n) is 12.1. The molecule has 1 aromatic heterocycles. The first-order valence-corrected chi connectivity index (χ1v) is 7.67. The third-order valence-corrected chi connectivity index (χ3v) is 4.32. The van der Waals surface area contributed by atoms with E-state index in [0.29, 0.717) is 16.5 Å². The second kappa shape index (κ2) is 6.93. The molecule has 5 heteroatoms. The summed E-state index contributed by atoms with van der Waals surface area (Å²) in [6.07, 6.45) is 5.75. The molecule has 1 heterocycles. The predicted molar refractivity (Wildman–Crippen MR) is 82.3 cm³/mol. The van der Waals surface area contributed by atoms with Crippen LogP contribution in [0.25, 0.3) is 0 Å². The molecule has 2 unspecified atom stereocenters. The Hall–Kier alpha value is -1.29. The Balaban J connectivity index is 2.04. The van der Waals surface area contributed by atoms with Crippen molar-refractivity contribution in [2.45, 2.75) is 45.1 Å². The van der Waals surface area contributed by atoms with Crippen molar-refractivity contribution in [2.24, 2.45) is 5.92 Å². The second-order valence-electron chi connectivity index (χ2n) is 5.39. The molecule has 0 radical (unpaired) electrons. The molecular formula is C15H22ClN3O. The van der Waals surface area contributed by atoms with Crippen molar-refractivity contribution >= 4 is 23.3 Å². The van der Waals surface area contributed by atoms with Crippen LogP contribution >= 0.6 is 11.6 Å². The van der Waals surface area contributed by atoms with Crippen LogP contribution in [-0.4, -0.2) is 24.0 Å². The third kappa shape index (κ3) is 3.63. The number of anilines is 1. The molecule has 0 spiro atoms. The first-order chi connectivity index (χ1) is 9.63. The Morgan fingerprint density at radius 2 is 2.25 bits per heavy atom.